The molecule has 2 nitrogen and oxygen atoms in total. The van der Waals surface area contributed by atoms with Crippen molar-refractivity contribution in [1.82, 2.24) is 0 Å². The lowest BCUT2D eigenvalue weighted by Crippen LogP contribution is -2.40. The summed E-state index contributed by atoms with van der Waals surface area (Å²) in [6.45, 7) is 0.317. The van der Waals surface area contributed by atoms with Crippen molar-refractivity contribution in [3.05, 3.63) is 11.8 Å². The van der Waals surface area contributed by atoms with Gasteiger partial charge >= 0.3 is 0 Å². The van der Waals surface area contributed by atoms with E-state index in [1.165, 1.54) is 12.8 Å². The Bertz CT molecular complexity index is 284. The van der Waals surface area contributed by atoms with Gasteiger partial charge in [-0.15, -0.1) is 0 Å². The van der Waals surface area contributed by atoms with E-state index >= 15 is 0 Å². The van der Waals surface area contributed by atoms with Gasteiger partial charge in [-0.2, -0.15) is 0 Å². The molecule has 2 heteroatoms. The lowest BCUT2D eigenvalue weighted by molar-refractivity contribution is -0.0127. The third-order valence-electron chi connectivity index (χ3n) is 4.51. The molecule has 4 aliphatic rings. The summed E-state index contributed by atoms with van der Waals surface area (Å²) in [4.78, 5) is 0. The third kappa shape index (κ3) is 1.13. The largest absolute Gasteiger partial charge is 0.512 e. The molecule has 0 saturated heterocycles. The Labute approximate surface area is 84.6 Å². The standard InChI is InChI=1S/C12H18O2/c13-7-12-4-8-1-9(5-12)3-11(14)10(2-8)6-12/h3,8-10,13-14H,1-2,4-7H2. The molecule has 2 saturated carbocycles. The highest BCUT2D eigenvalue weighted by molar-refractivity contribution is 5.13. The second-order valence-electron chi connectivity index (χ2n) is 5.66. The van der Waals surface area contributed by atoms with Crippen LogP contribution in [0.5, 0.6) is 0 Å². The number of allylic oxidation sites excluding steroid dienone is 2. The molecule has 4 unspecified atom stereocenters. The molecular weight excluding hydrogens is 176 g/mol. The number of rotatable bonds is 1. The molecule has 4 rings (SSSR count). The first-order valence-electron chi connectivity index (χ1n) is 5.72. The van der Waals surface area contributed by atoms with Gasteiger partial charge in [-0.25, -0.2) is 0 Å². The van der Waals surface area contributed by atoms with Crippen LogP contribution in [0.2, 0.25) is 0 Å². The highest BCUT2D eigenvalue weighted by Crippen LogP contribution is 2.56. The molecule has 0 aromatic heterocycles. The molecule has 4 aliphatic carbocycles. The molecule has 78 valence electrons. The second kappa shape index (κ2) is 2.75. The van der Waals surface area contributed by atoms with Crippen molar-refractivity contribution < 1.29 is 10.2 Å². The summed E-state index contributed by atoms with van der Waals surface area (Å²) in [5.41, 5.74) is 0.150. The number of aliphatic hydroxyl groups excluding tert-OH is 2. The summed E-state index contributed by atoms with van der Waals surface area (Å²) in [6, 6.07) is 0. The monoisotopic (exact) mass is 194 g/mol. The zero-order valence-electron chi connectivity index (χ0n) is 8.45. The van der Waals surface area contributed by atoms with Crippen molar-refractivity contribution in [3.63, 3.8) is 0 Å². The molecule has 0 aliphatic heterocycles. The first-order chi connectivity index (χ1) is 6.71. The maximum Gasteiger partial charge on any atom is 0.0916 e. The van der Waals surface area contributed by atoms with Crippen molar-refractivity contribution in [2.24, 2.45) is 23.2 Å². The normalized spacial score (nSPS) is 50.4. The van der Waals surface area contributed by atoms with E-state index in [-0.39, 0.29) is 5.41 Å². The van der Waals surface area contributed by atoms with Crippen molar-refractivity contribution >= 4 is 0 Å². The van der Waals surface area contributed by atoms with Gasteiger partial charge < -0.3 is 10.2 Å². The molecule has 0 aromatic carbocycles. The van der Waals surface area contributed by atoms with E-state index in [0.717, 1.165) is 25.2 Å². The van der Waals surface area contributed by atoms with E-state index in [1.54, 1.807) is 0 Å². The van der Waals surface area contributed by atoms with Gasteiger partial charge in [-0.3, -0.25) is 0 Å². The number of aliphatic hydroxyl groups is 2. The van der Waals surface area contributed by atoms with E-state index in [4.69, 9.17) is 0 Å². The van der Waals surface area contributed by atoms with Crippen LogP contribution in [-0.4, -0.2) is 16.8 Å². The summed E-state index contributed by atoms with van der Waals surface area (Å²) in [7, 11) is 0. The van der Waals surface area contributed by atoms with Crippen molar-refractivity contribution in [3.8, 4) is 0 Å². The molecule has 0 amide bonds. The van der Waals surface area contributed by atoms with Gasteiger partial charge in [-0.1, -0.05) is 0 Å². The Morgan fingerprint density at radius 1 is 1.29 bits per heavy atom. The smallest absolute Gasteiger partial charge is 0.0916 e. The maximum atomic E-state index is 9.89. The van der Waals surface area contributed by atoms with Gasteiger partial charge in [0, 0.05) is 12.5 Å². The van der Waals surface area contributed by atoms with Crippen molar-refractivity contribution in [2.75, 3.05) is 6.61 Å². The average molecular weight is 194 g/mol. The topological polar surface area (TPSA) is 40.5 Å². The molecule has 2 N–H and O–H groups in total. The molecule has 2 fully saturated rings. The summed E-state index contributed by atoms with van der Waals surface area (Å²) < 4.78 is 0. The van der Waals surface area contributed by atoms with Crippen LogP contribution >= 0.6 is 0 Å². The minimum Gasteiger partial charge on any atom is -0.512 e. The van der Waals surface area contributed by atoms with Gasteiger partial charge in [0.1, 0.15) is 0 Å². The van der Waals surface area contributed by atoms with E-state index < -0.39 is 0 Å². The third-order valence-corrected chi connectivity index (χ3v) is 4.51. The van der Waals surface area contributed by atoms with E-state index in [0.29, 0.717) is 24.2 Å². The van der Waals surface area contributed by atoms with E-state index in [2.05, 4.69) is 6.08 Å². The zero-order chi connectivity index (χ0) is 9.76. The van der Waals surface area contributed by atoms with Gasteiger partial charge in [0.25, 0.3) is 0 Å². The van der Waals surface area contributed by atoms with Gasteiger partial charge in [0.05, 0.1) is 5.76 Å². The van der Waals surface area contributed by atoms with Crippen LogP contribution in [0.15, 0.2) is 11.8 Å². The van der Waals surface area contributed by atoms with Crippen LogP contribution < -0.4 is 0 Å². The van der Waals surface area contributed by atoms with Gasteiger partial charge in [0.2, 0.25) is 0 Å². The van der Waals surface area contributed by atoms with Gasteiger partial charge in [0.15, 0.2) is 0 Å². The second-order valence-corrected chi connectivity index (χ2v) is 5.66. The predicted molar refractivity (Wildman–Crippen MR) is 53.8 cm³/mol. The van der Waals surface area contributed by atoms with Crippen LogP contribution in [-0.2, 0) is 0 Å². The lowest BCUT2D eigenvalue weighted by atomic mass is 9.58. The maximum absolute atomic E-state index is 9.89. The zero-order valence-corrected chi connectivity index (χ0v) is 8.45. The Morgan fingerprint density at radius 3 is 2.93 bits per heavy atom. The molecule has 0 radical (unpaired) electrons. The molecule has 14 heavy (non-hydrogen) atoms. The fourth-order valence-corrected chi connectivity index (χ4v) is 4.12. The van der Waals surface area contributed by atoms with Crippen LogP contribution in [0, 0.1) is 23.2 Å². The Kier molecular flexibility index (Phi) is 1.73. The number of hydrogen-bond acceptors (Lipinski definition) is 2. The van der Waals surface area contributed by atoms with E-state index in [9.17, 15) is 10.2 Å². The Hall–Kier alpha value is -0.500. The van der Waals surface area contributed by atoms with Crippen LogP contribution in [0.4, 0.5) is 0 Å². The molecule has 0 aromatic rings. The number of hydrogen-bond donors (Lipinski definition) is 2. The fourth-order valence-electron chi connectivity index (χ4n) is 4.12. The van der Waals surface area contributed by atoms with Crippen LogP contribution in [0.1, 0.15) is 32.1 Å². The highest BCUT2D eigenvalue weighted by Gasteiger charge is 2.48. The lowest BCUT2D eigenvalue weighted by Gasteiger charge is -2.47. The first kappa shape index (κ1) is 8.78. The first-order valence-corrected chi connectivity index (χ1v) is 5.72. The summed E-state index contributed by atoms with van der Waals surface area (Å²) >= 11 is 0. The summed E-state index contributed by atoms with van der Waals surface area (Å²) in [6.07, 6.45) is 7.77. The fraction of sp³-hybridized carbons (Fsp3) is 0.833. The van der Waals surface area contributed by atoms with Gasteiger partial charge in [-0.05, 0) is 55.4 Å². The highest BCUT2D eigenvalue weighted by atomic mass is 16.3. The van der Waals surface area contributed by atoms with E-state index in [1.807, 2.05) is 0 Å². The minimum absolute atomic E-state index is 0.150. The molecular formula is C12H18O2. The summed E-state index contributed by atoms with van der Waals surface area (Å²) in [5.74, 6) is 2.26. The van der Waals surface area contributed by atoms with Crippen LogP contribution in [0.25, 0.3) is 0 Å². The van der Waals surface area contributed by atoms with Crippen molar-refractivity contribution in [1.29, 1.82) is 0 Å². The SMILES string of the molecule is OCC12CC3C=C(O)C(CC(C3)C1)C2. The Morgan fingerprint density at radius 2 is 2.14 bits per heavy atom. The molecule has 0 heterocycles. The minimum atomic E-state index is 0.150. The molecule has 0 spiro atoms. The predicted octanol–water partition coefficient (Wildman–Crippen LogP) is 2.25. The summed E-state index contributed by atoms with van der Waals surface area (Å²) in [5, 5.41) is 19.4. The Balaban J connectivity index is 1.99. The molecule has 4 bridgehead atoms. The average Bonchev–Trinajstić information content (AvgIpc) is 2.30. The van der Waals surface area contributed by atoms with Crippen LogP contribution in [0.3, 0.4) is 0 Å². The quantitative estimate of drug-likeness (QED) is 0.672. The molecule has 4 atom stereocenters. The van der Waals surface area contributed by atoms with Crippen molar-refractivity contribution in [2.45, 2.75) is 32.1 Å².